The average molecular weight is 252 g/mol. The number of hydrogen-bond acceptors (Lipinski definition) is 7. The summed E-state index contributed by atoms with van der Waals surface area (Å²) in [6.07, 6.45) is 0. The highest BCUT2D eigenvalue weighted by Gasteiger charge is 2.10. The van der Waals surface area contributed by atoms with E-state index in [2.05, 4.69) is 15.3 Å². The second kappa shape index (κ2) is 5.74. The molecule has 2 heterocycles. The van der Waals surface area contributed by atoms with E-state index in [0.29, 0.717) is 31.4 Å². The fourth-order valence-electron chi connectivity index (χ4n) is 1.60. The SMILES string of the molecule is COCc1noc(CN(C)Cc2cc(C)on2)n1. The summed E-state index contributed by atoms with van der Waals surface area (Å²) in [4.78, 5) is 6.21. The van der Waals surface area contributed by atoms with Crippen LogP contribution >= 0.6 is 0 Å². The summed E-state index contributed by atoms with van der Waals surface area (Å²) in [5, 5.41) is 7.73. The molecule has 0 bridgehead atoms. The predicted molar refractivity (Wildman–Crippen MR) is 61.4 cm³/mol. The van der Waals surface area contributed by atoms with Crippen molar-refractivity contribution in [3.05, 3.63) is 29.2 Å². The van der Waals surface area contributed by atoms with Crippen LogP contribution in [0.1, 0.15) is 23.2 Å². The van der Waals surface area contributed by atoms with Gasteiger partial charge in [0, 0.05) is 19.7 Å². The Hall–Kier alpha value is -1.73. The Bertz CT molecular complexity index is 494. The molecule has 0 aliphatic carbocycles. The van der Waals surface area contributed by atoms with Gasteiger partial charge in [-0.25, -0.2) is 0 Å². The maximum Gasteiger partial charge on any atom is 0.240 e. The van der Waals surface area contributed by atoms with Gasteiger partial charge in [-0.2, -0.15) is 4.98 Å². The summed E-state index contributed by atoms with van der Waals surface area (Å²) in [5.41, 5.74) is 0.881. The summed E-state index contributed by atoms with van der Waals surface area (Å²) < 4.78 is 15.0. The number of ether oxygens (including phenoxy) is 1. The van der Waals surface area contributed by atoms with Crippen LogP contribution in [-0.2, 0) is 24.4 Å². The van der Waals surface area contributed by atoms with Gasteiger partial charge in [0.1, 0.15) is 12.4 Å². The zero-order valence-corrected chi connectivity index (χ0v) is 10.7. The molecule has 7 heteroatoms. The molecule has 0 saturated heterocycles. The fraction of sp³-hybridized carbons (Fsp3) is 0.545. The molecule has 2 aromatic rings. The molecular formula is C11H16N4O3. The van der Waals surface area contributed by atoms with Crippen LogP contribution in [0, 0.1) is 6.92 Å². The van der Waals surface area contributed by atoms with Gasteiger partial charge >= 0.3 is 0 Å². The van der Waals surface area contributed by atoms with E-state index in [1.165, 1.54) is 0 Å². The zero-order valence-electron chi connectivity index (χ0n) is 10.7. The first-order valence-electron chi connectivity index (χ1n) is 5.58. The zero-order chi connectivity index (χ0) is 13.0. The molecule has 98 valence electrons. The van der Waals surface area contributed by atoms with Crippen molar-refractivity contribution in [1.82, 2.24) is 20.2 Å². The van der Waals surface area contributed by atoms with E-state index in [9.17, 15) is 0 Å². The first kappa shape index (κ1) is 12.7. The van der Waals surface area contributed by atoms with Gasteiger partial charge in [0.05, 0.1) is 12.2 Å². The van der Waals surface area contributed by atoms with Crippen molar-refractivity contribution in [1.29, 1.82) is 0 Å². The highest BCUT2D eigenvalue weighted by Crippen LogP contribution is 2.07. The second-order valence-electron chi connectivity index (χ2n) is 4.14. The van der Waals surface area contributed by atoms with Crippen LogP contribution in [0.4, 0.5) is 0 Å². The van der Waals surface area contributed by atoms with Gasteiger partial charge in [-0.05, 0) is 14.0 Å². The van der Waals surface area contributed by atoms with Gasteiger partial charge in [-0.15, -0.1) is 0 Å². The van der Waals surface area contributed by atoms with E-state index < -0.39 is 0 Å². The second-order valence-corrected chi connectivity index (χ2v) is 4.14. The Balaban J connectivity index is 1.88. The number of methoxy groups -OCH3 is 1. The van der Waals surface area contributed by atoms with Crippen molar-refractivity contribution in [2.45, 2.75) is 26.6 Å². The lowest BCUT2D eigenvalue weighted by Crippen LogP contribution is -2.17. The Morgan fingerprint density at radius 3 is 2.78 bits per heavy atom. The number of aryl methyl sites for hydroxylation is 1. The minimum Gasteiger partial charge on any atom is -0.377 e. The molecule has 0 aromatic carbocycles. The van der Waals surface area contributed by atoms with Crippen LogP contribution in [0.25, 0.3) is 0 Å². The van der Waals surface area contributed by atoms with Crippen molar-refractivity contribution in [3.63, 3.8) is 0 Å². The number of aromatic nitrogens is 3. The standard InChI is InChI=1S/C11H16N4O3/c1-8-4-9(13-17-8)5-15(2)6-11-12-10(7-16-3)14-18-11/h4H,5-7H2,1-3H3. The smallest absolute Gasteiger partial charge is 0.240 e. The van der Waals surface area contributed by atoms with Crippen molar-refractivity contribution in [2.24, 2.45) is 0 Å². The van der Waals surface area contributed by atoms with Gasteiger partial charge in [0.25, 0.3) is 0 Å². The minimum atomic E-state index is 0.357. The number of hydrogen-bond donors (Lipinski definition) is 0. The number of nitrogens with zero attached hydrogens (tertiary/aromatic N) is 4. The molecule has 18 heavy (non-hydrogen) atoms. The van der Waals surface area contributed by atoms with Gasteiger partial charge in [-0.1, -0.05) is 10.3 Å². The van der Waals surface area contributed by atoms with Crippen LogP contribution in [0.15, 0.2) is 15.1 Å². The van der Waals surface area contributed by atoms with Gasteiger partial charge in [0.15, 0.2) is 5.82 Å². The molecule has 0 spiro atoms. The Morgan fingerprint density at radius 2 is 2.11 bits per heavy atom. The van der Waals surface area contributed by atoms with Crippen LogP contribution in [-0.4, -0.2) is 34.4 Å². The molecule has 0 N–H and O–H groups in total. The van der Waals surface area contributed by atoms with Crippen molar-refractivity contribution in [2.75, 3.05) is 14.2 Å². The maximum absolute atomic E-state index is 5.10. The molecule has 7 nitrogen and oxygen atoms in total. The summed E-state index contributed by atoms with van der Waals surface area (Å²) >= 11 is 0. The molecular weight excluding hydrogens is 236 g/mol. The lowest BCUT2D eigenvalue weighted by molar-refractivity contribution is 0.174. The van der Waals surface area contributed by atoms with Gasteiger partial charge in [0.2, 0.25) is 5.89 Å². The Kier molecular flexibility index (Phi) is 4.06. The molecule has 0 amide bonds. The third-order valence-electron chi connectivity index (χ3n) is 2.30. The fourth-order valence-corrected chi connectivity index (χ4v) is 1.60. The first-order valence-corrected chi connectivity index (χ1v) is 5.58. The maximum atomic E-state index is 5.10. The van der Waals surface area contributed by atoms with Crippen molar-refractivity contribution in [3.8, 4) is 0 Å². The van der Waals surface area contributed by atoms with E-state index in [0.717, 1.165) is 11.5 Å². The molecule has 0 unspecified atom stereocenters. The summed E-state index contributed by atoms with van der Waals surface area (Å²) in [7, 11) is 3.54. The highest BCUT2D eigenvalue weighted by atomic mass is 16.5. The quantitative estimate of drug-likeness (QED) is 0.762. The summed E-state index contributed by atoms with van der Waals surface area (Å²) in [6, 6.07) is 1.90. The molecule has 0 radical (unpaired) electrons. The Labute approximate surface area is 105 Å². The van der Waals surface area contributed by atoms with E-state index in [-0.39, 0.29) is 0 Å². The topological polar surface area (TPSA) is 77.4 Å². The molecule has 0 aliphatic heterocycles. The lowest BCUT2D eigenvalue weighted by atomic mass is 10.3. The third kappa shape index (κ3) is 3.38. The molecule has 2 rings (SSSR count). The van der Waals surface area contributed by atoms with Crippen molar-refractivity contribution >= 4 is 0 Å². The van der Waals surface area contributed by atoms with Crippen LogP contribution < -0.4 is 0 Å². The van der Waals surface area contributed by atoms with E-state index >= 15 is 0 Å². The number of rotatable bonds is 6. The summed E-state index contributed by atoms with van der Waals surface area (Å²) in [5.74, 6) is 1.92. The summed E-state index contributed by atoms with van der Waals surface area (Å²) in [6.45, 7) is 3.45. The van der Waals surface area contributed by atoms with E-state index in [1.54, 1.807) is 7.11 Å². The molecule has 0 fully saturated rings. The van der Waals surface area contributed by atoms with Crippen molar-refractivity contribution < 1.29 is 13.8 Å². The monoisotopic (exact) mass is 252 g/mol. The van der Waals surface area contributed by atoms with E-state index in [4.69, 9.17) is 13.8 Å². The molecule has 0 saturated carbocycles. The van der Waals surface area contributed by atoms with Gasteiger partial charge in [-0.3, -0.25) is 4.90 Å². The highest BCUT2D eigenvalue weighted by molar-refractivity contribution is 5.03. The lowest BCUT2D eigenvalue weighted by Gasteiger charge is -2.11. The first-order chi connectivity index (χ1) is 8.67. The molecule has 2 aromatic heterocycles. The predicted octanol–water partition coefficient (Wildman–Crippen LogP) is 1.14. The van der Waals surface area contributed by atoms with E-state index in [1.807, 2.05) is 24.9 Å². The third-order valence-corrected chi connectivity index (χ3v) is 2.30. The molecule has 0 atom stereocenters. The average Bonchev–Trinajstić information content (AvgIpc) is 2.89. The normalized spacial score (nSPS) is 11.3. The molecule has 0 aliphatic rings. The van der Waals surface area contributed by atoms with Gasteiger partial charge < -0.3 is 13.8 Å². The minimum absolute atomic E-state index is 0.357. The van der Waals surface area contributed by atoms with Crippen LogP contribution in [0.2, 0.25) is 0 Å². The van der Waals surface area contributed by atoms with Crippen LogP contribution in [0.3, 0.4) is 0 Å². The Morgan fingerprint density at radius 1 is 1.28 bits per heavy atom. The van der Waals surface area contributed by atoms with Crippen LogP contribution in [0.5, 0.6) is 0 Å². The largest absolute Gasteiger partial charge is 0.377 e.